The van der Waals surface area contributed by atoms with Gasteiger partial charge in [0, 0.05) is 19.6 Å². The minimum Gasteiger partial charge on any atom is -0.322 e. The number of amides is 1. The Balaban J connectivity index is 2.17. The van der Waals surface area contributed by atoms with Gasteiger partial charge >= 0.3 is 0 Å². The van der Waals surface area contributed by atoms with Gasteiger partial charge in [-0.15, -0.1) is 0 Å². The second kappa shape index (κ2) is 6.92. The van der Waals surface area contributed by atoms with Crippen molar-refractivity contribution in [1.82, 2.24) is 0 Å². The van der Waals surface area contributed by atoms with Gasteiger partial charge in [-0.1, -0.05) is 25.1 Å². The lowest BCUT2D eigenvalue weighted by Gasteiger charge is -2.33. The van der Waals surface area contributed by atoms with Crippen LogP contribution in [0.25, 0.3) is 0 Å². The summed E-state index contributed by atoms with van der Waals surface area (Å²) in [7, 11) is -1.11. The zero-order valence-corrected chi connectivity index (χ0v) is 14.8. The Morgan fingerprint density at radius 3 is 2.29 bits per heavy atom. The highest BCUT2D eigenvalue weighted by Gasteiger charge is 2.45. The highest BCUT2D eigenvalue weighted by Crippen LogP contribution is 2.63. The van der Waals surface area contributed by atoms with Gasteiger partial charge in [-0.3, -0.25) is 4.79 Å². The Morgan fingerprint density at radius 2 is 1.76 bits per heavy atom. The minimum absolute atomic E-state index is 0.233. The van der Waals surface area contributed by atoms with E-state index in [1.54, 1.807) is 0 Å². The van der Waals surface area contributed by atoms with Crippen LogP contribution in [0.4, 0.5) is 5.69 Å². The van der Waals surface area contributed by atoms with Crippen molar-refractivity contribution in [3.63, 3.8) is 0 Å². The summed E-state index contributed by atoms with van der Waals surface area (Å²) in [5.74, 6) is 0.257. The summed E-state index contributed by atoms with van der Waals surface area (Å²) in [6.07, 6.45) is 7.55. The molecule has 21 heavy (non-hydrogen) atoms. The molecule has 1 atom stereocenters. The molecule has 0 bridgehead atoms. The van der Waals surface area contributed by atoms with Crippen molar-refractivity contribution in [1.29, 1.82) is 0 Å². The summed E-state index contributed by atoms with van der Waals surface area (Å²) in [5.41, 5.74) is 3.57. The van der Waals surface area contributed by atoms with Crippen LogP contribution in [0.5, 0.6) is 0 Å². The summed E-state index contributed by atoms with van der Waals surface area (Å²) in [4.78, 5) is 12.9. The molecule has 0 saturated carbocycles. The maximum Gasteiger partial charge on any atom is 0.265 e. The van der Waals surface area contributed by atoms with Crippen LogP contribution >= 0.6 is 7.26 Å². The first kappa shape index (κ1) is 16.5. The summed E-state index contributed by atoms with van der Waals surface area (Å²) < 4.78 is 0. The molecule has 0 aliphatic carbocycles. The fourth-order valence-electron chi connectivity index (χ4n) is 3.67. The SMILES string of the molecule is CCC(C(=O)Nc1c(C)cccc1C)[P+]1(C)CCCCC1. The second-order valence-corrected chi connectivity index (χ2v) is 11.1. The average Bonchev–Trinajstić information content (AvgIpc) is 2.44. The van der Waals surface area contributed by atoms with Gasteiger partial charge in [0.1, 0.15) is 5.66 Å². The molecule has 0 spiro atoms. The van der Waals surface area contributed by atoms with Crippen molar-refractivity contribution in [2.24, 2.45) is 0 Å². The number of carbonyl (C=O) groups is 1. The van der Waals surface area contributed by atoms with Gasteiger partial charge in [-0.2, -0.15) is 0 Å². The Kier molecular flexibility index (Phi) is 5.43. The molecule has 1 amide bonds. The predicted molar refractivity (Wildman–Crippen MR) is 95.1 cm³/mol. The van der Waals surface area contributed by atoms with E-state index < -0.39 is 7.26 Å². The van der Waals surface area contributed by atoms with Crippen LogP contribution < -0.4 is 5.32 Å². The minimum atomic E-state index is -1.11. The van der Waals surface area contributed by atoms with Gasteiger partial charge in [0.2, 0.25) is 0 Å². The van der Waals surface area contributed by atoms with E-state index in [4.69, 9.17) is 0 Å². The van der Waals surface area contributed by atoms with E-state index in [2.05, 4.69) is 44.9 Å². The van der Waals surface area contributed by atoms with E-state index >= 15 is 0 Å². The van der Waals surface area contributed by atoms with Crippen LogP contribution in [0.3, 0.4) is 0 Å². The zero-order valence-electron chi connectivity index (χ0n) is 13.9. The number of hydrogen-bond acceptors (Lipinski definition) is 1. The molecule has 3 heteroatoms. The van der Waals surface area contributed by atoms with Gasteiger partial charge < -0.3 is 5.32 Å². The first-order valence-corrected chi connectivity index (χ1v) is 10.9. The summed E-state index contributed by atoms with van der Waals surface area (Å²) in [6, 6.07) is 6.19. The smallest absolute Gasteiger partial charge is 0.265 e. The molecule has 1 unspecified atom stereocenters. The molecule has 1 fully saturated rings. The highest BCUT2D eigenvalue weighted by molar-refractivity contribution is 7.76. The number of carbonyl (C=O) groups excluding carboxylic acids is 1. The molecule has 2 nitrogen and oxygen atoms in total. The maximum absolute atomic E-state index is 12.9. The molecular weight excluding hydrogens is 277 g/mol. The lowest BCUT2D eigenvalue weighted by Crippen LogP contribution is -2.33. The molecule has 1 aliphatic heterocycles. The molecule has 0 aromatic heterocycles. The first-order chi connectivity index (χ1) is 9.98. The molecule has 1 saturated heterocycles. The fourth-order valence-corrected chi connectivity index (χ4v) is 7.92. The molecular formula is C18H29NOP+. The van der Waals surface area contributed by atoms with E-state index in [0.29, 0.717) is 0 Å². The first-order valence-electron chi connectivity index (χ1n) is 8.19. The largest absolute Gasteiger partial charge is 0.322 e. The number of para-hydroxylation sites is 1. The number of rotatable bonds is 4. The van der Waals surface area contributed by atoms with E-state index in [1.165, 1.54) is 31.6 Å². The number of aryl methyl sites for hydroxylation is 2. The Labute approximate surface area is 130 Å². The van der Waals surface area contributed by atoms with Crippen molar-refractivity contribution in [2.45, 2.75) is 52.1 Å². The topological polar surface area (TPSA) is 29.1 Å². The van der Waals surface area contributed by atoms with Crippen molar-refractivity contribution < 1.29 is 4.79 Å². The average molecular weight is 306 g/mol. The van der Waals surface area contributed by atoms with Gasteiger partial charge in [0.15, 0.2) is 0 Å². The fraction of sp³-hybridized carbons (Fsp3) is 0.611. The van der Waals surface area contributed by atoms with Gasteiger partial charge in [0.05, 0.1) is 12.3 Å². The lowest BCUT2D eigenvalue weighted by atomic mass is 10.1. The maximum atomic E-state index is 12.9. The normalized spacial score (nSPS) is 19.0. The molecule has 116 valence electrons. The Morgan fingerprint density at radius 1 is 1.19 bits per heavy atom. The van der Waals surface area contributed by atoms with Crippen LogP contribution in [0.1, 0.15) is 43.7 Å². The van der Waals surface area contributed by atoms with Crippen LogP contribution in [0.15, 0.2) is 18.2 Å². The third-order valence-corrected chi connectivity index (χ3v) is 9.79. The monoisotopic (exact) mass is 306 g/mol. The molecule has 1 heterocycles. The predicted octanol–water partition coefficient (Wildman–Crippen LogP) is 4.85. The summed E-state index contributed by atoms with van der Waals surface area (Å²) in [5, 5.41) is 3.24. The Hall–Kier alpha value is -0.880. The van der Waals surface area contributed by atoms with Crippen molar-refractivity contribution in [3.05, 3.63) is 29.3 Å². The molecule has 1 aromatic rings. The van der Waals surface area contributed by atoms with Gasteiger partial charge in [-0.25, -0.2) is 0 Å². The van der Waals surface area contributed by atoms with Crippen LogP contribution in [-0.2, 0) is 4.79 Å². The quantitative estimate of drug-likeness (QED) is 0.791. The van der Waals surface area contributed by atoms with Crippen LogP contribution in [-0.4, -0.2) is 30.6 Å². The van der Waals surface area contributed by atoms with E-state index in [-0.39, 0.29) is 11.6 Å². The molecule has 0 radical (unpaired) electrons. The summed E-state index contributed by atoms with van der Waals surface area (Å²) in [6.45, 7) is 8.74. The summed E-state index contributed by atoms with van der Waals surface area (Å²) >= 11 is 0. The van der Waals surface area contributed by atoms with Gasteiger partial charge in [-0.05, 0) is 50.7 Å². The highest BCUT2D eigenvalue weighted by atomic mass is 31.2. The lowest BCUT2D eigenvalue weighted by molar-refractivity contribution is -0.115. The van der Waals surface area contributed by atoms with Gasteiger partial charge in [0.25, 0.3) is 5.91 Å². The standard InChI is InChI=1S/C18H28NOP/c1-5-16(21(4)12-7-6-8-13-21)18(20)19-17-14(2)10-9-11-15(17)3/h9-11,16H,5-8,12-13H2,1-4H3/p+1. The third kappa shape index (κ3) is 3.66. The van der Waals surface area contributed by atoms with E-state index in [9.17, 15) is 4.79 Å². The molecule has 2 rings (SSSR count). The number of nitrogens with one attached hydrogen (secondary N) is 1. The van der Waals surface area contributed by atoms with Crippen LogP contribution in [0.2, 0.25) is 0 Å². The zero-order chi connectivity index (χ0) is 15.5. The van der Waals surface area contributed by atoms with Crippen molar-refractivity contribution in [2.75, 3.05) is 24.3 Å². The third-order valence-electron chi connectivity index (χ3n) is 5.01. The number of anilines is 1. The number of benzene rings is 1. The van der Waals surface area contributed by atoms with E-state index in [1.807, 2.05) is 6.07 Å². The van der Waals surface area contributed by atoms with E-state index in [0.717, 1.165) is 23.2 Å². The number of hydrogen-bond donors (Lipinski definition) is 1. The Bertz CT molecular complexity index is 486. The van der Waals surface area contributed by atoms with Crippen molar-refractivity contribution in [3.8, 4) is 0 Å². The molecule has 1 N–H and O–H groups in total. The second-order valence-electron chi connectivity index (χ2n) is 6.67. The molecule has 1 aromatic carbocycles. The van der Waals surface area contributed by atoms with Crippen molar-refractivity contribution >= 4 is 18.9 Å². The van der Waals surface area contributed by atoms with Crippen LogP contribution in [0, 0.1) is 13.8 Å². The molecule has 1 aliphatic rings.